The lowest BCUT2D eigenvalue weighted by atomic mass is 9.64. The molecule has 0 aliphatic carbocycles. The van der Waals surface area contributed by atoms with Gasteiger partial charge in [0, 0.05) is 24.9 Å². The number of carbonyl (C=O) groups is 1. The number of hydrogen-bond donors (Lipinski definition) is 1. The summed E-state index contributed by atoms with van der Waals surface area (Å²) >= 11 is 0. The van der Waals surface area contributed by atoms with Gasteiger partial charge in [-0.05, 0) is 53.6 Å². The standard InChI is InChI=1S/C28H30N2O2/c29-27(31)28(23-7-3-1-4-8-23,24-9-5-2-6-10-24)25-14-17-30(20-25)16-13-21-11-12-26-22(19-21)15-18-32-26/h1-12,19,25H,13-18,20H2,(H2,29,31)/t25-/m0/s1/i13D2,16D2. The molecule has 2 aliphatic heterocycles. The summed E-state index contributed by atoms with van der Waals surface area (Å²) in [6.45, 7) is -1.27. The SMILES string of the molecule is [2H]C([2H])(c1ccc2c(c1)CCO2)C([2H])([2H])N1CC[C@H](C(C(N)=O)(c2ccccc2)c2ccccc2)C1. The summed E-state index contributed by atoms with van der Waals surface area (Å²) in [5, 5.41) is 0. The first-order chi connectivity index (χ1) is 17.2. The first-order valence-electron chi connectivity index (χ1n) is 13.1. The van der Waals surface area contributed by atoms with Crippen LogP contribution in [-0.2, 0) is 23.0 Å². The first kappa shape index (κ1) is 16.5. The molecule has 32 heavy (non-hydrogen) atoms. The fraction of sp³-hybridized carbons (Fsp3) is 0.321. The normalized spacial score (nSPS) is 21.1. The summed E-state index contributed by atoms with van der Waals surface area (Å²) in [6, 6.07) is 23.9. The summed E-state index contributed by atoms with van der Waals surface area (Å²) < 4.78 is 41.1. The van der Waals surface area contributed by atoms with Gasteiger partial charge in [0.1, 0.15) is 11.2 Å². The number of ether oxygens (including phenoxy) is 1. The van der Waals surface area contributed by atoms with Gasteiger partial charge < -0.3 is 15.4 Å². The topological polar surface area (TPSA) is 55.6 Å². The van der Waals surface area contributed by atoms with Gasteiger partial charge >= 0.3 is 0 Å². The van der Waals surface area contributed by atoms with E-state index in [0.29, 0.717) is 26.0 Å². The van der Waals surface area contributed by atoms with Crippen LogP contribution in [0.1, 0.15) is 34.2 Å². The Kier molecular flexibility index (Phi) is 4.54. The predicted octanol–water partition coefficient (Wildman–Crippen LogP) is 3.96. The Hall–Kier alpha value is -3.11. The lowest BCUT2D eigenvalue weighted by Crippen LogP contribution is -2.49. The van der Waals surface area contributed by atoms with Gasteiger partial charge in [-0.1, -0.05) is 72.8 Å². The maximum absolute atomic E-state index is 13.3. The van der Waals surface area contributed by atoms with Crippen LogP contribution in [-0.4, -0.2) is 37.0 Å². The van der Waals surface area contributed by atoms with E-state index in [-0.39, 0.29) is 18.0 Å². The van der Waals surface area contributed by atoms with Gasteiger partial charge in [-0.2, -0.15) is 0 Å². The smallest absolute Gasteiger partial charge is 0.232 e. The quantitative estimate of drug-likeness (QED) is 0.617. The number of benzene rings is 3. The van der Waals surface area contributed by atoms with Gasteiger partial charge in [-0.3, -0.25) is 4.79 Å². The number of nitrogens with two attached hydrogens (primary N) is 1. The van der Waals surface area contributed by atoms with Crippen LogP contribution in [0.15, 0.2) is 78.9 Å². The van der Waals surface area contributed by atoms with Crippen molar-refractivity contribution in [1.29, 1.82) is 0 Å². The molecule has 4 nitrogen and oxygen atoms in total. The highest BCUT2D eigenvalue weighted by molar-refractivity contribution is 5.91. The molecule has 1 amide bonds. The van der Waals surface area contributed by atoms with E-state index in [1.165, 1.54) is 4.90 Å². The van der Waals surface area contributed by atoms with Crippen molar-refractivity contribution in [3.8, 4) is 5.75 Å². The van der Waals surface area contributed by atoms with E-state index in [2.05, 4.69) is 0 Å². The third-order valence-corrected chi connectivity index (χ3v) is 6.70. The van der Waals surface area contributed by atoms with E-state index in [4.69, 9.17) is 16.0 Å². The van der Waals surface area contributed by atoms with Crippen molar-refractivity contribution < 1.29 is 15.0 Å². The average Bonchev–Trinajstić information content (AvgIpc) is 3.56. The molecule has 3 aromatic rings. The number of amides is 1. The number of primary amides is 1. The molecule has 0 bridgehead atoms. The molecule has 0 aromatic heterocycles. The van der Waals surface area contributed by atoms with E-state index >= 15 is 0 Å². The summed E-state index contributed by atoms with van der Waals surface area (Å²) in [5.74, 6) is -0.0960. The highest BCUT2D eigenvalue weighted by atomic mass is 16.5. The minimum atomic E-state index is -2.31. The Bertz CT molecular complexity index is 1210. The third-order valence-electron chi connectivity index (χ3n) is 6.70. The second-order valence-corrected chi connectivity index (χ2v) is 8.49. The van der Waals surface area contributed by atoms with Crippen LogP contribution < -0.4 is 10.5 Å². The zero-order valence-electron chi connectivity index (χ0n) is 22.0. The summed E-state index contributed by atoms with van der Waals surface area (Å²) in [5.41, 5.74) is 7.70. The van der Waals surface area contributed by atoms with E-state index in [9.17, 15) is 4.79 Å². The molecule has 2 heterocycles. The second-order valence-electron chi connectivity index (χ2n) is 8.49. The van der Waals surface area contributed by atoms with Crippen molar-refractivity contribution in [3.63, 3.8) is 0 Å². The molecular formula is C28H30N2O2. The number of nitrogens with zero attached hydrogens (tertiary/aromatic N) is 1. The van der Waals surface area contributed by atoms with Crippen molar-refractivity contribution in [2.24, 2.45) is 11.7 Å². The molecule has 5 rings (SSSR count). The summed E-state index contributed by atoms with van der Waals surface area (Å²) in [4.78, 5) is 14.8. The predicted molar refractivity (Wildman–Crippen MR) is 127 cm³/mol. The molecule has 0 radical (unpaired) electrons. The van der Waals surface area contributed by atoms with E-state index in [1.54, 1.807) is 18.2 Å². The van der Waals surface area contributed by atoms with Gasteiger partial charge in [0.05, 0.1) is 6.61 Å². The van der Waals surface area contributed by atoms with Crippen LogP contribution in [0.3, 0.4) is 0 Å². The Morgan fingerprint density at radius 2 is 1.75 bits per heavy atom. The third kappa shape index (κ3) is 3.69. The molecule has 2 aliphatic rings. The van der Waals surface area contributed by atoms with Gasteiger partial charge in [0.25, 0.3) is 0 Å². The van der Waals surface area contributed by atoms with Crippen LogP contribution in [0.25, 0.3) is 0 Å². The van der Waals surface area contributed by atoms with Crippen molar-refractivity contribution in [3.05, 3.63) is 101 Å². The molecular weight excluding hydrogens is 396 g/mol. The van der Waals surface area contributed by atoms with Crippen LogP contribution in [0, 0.1) is 5.92 Å². The molecule has 1 fully saturated rings. The molecule has 0 saturated carbocycles. The van der Waals surface area contributed by atoms with Crippen LogP contribution in [0.4, 0.5) is 0 Å². The molecule has 4 heteroatoms. The fourth-order valence-electron chi connectivity index (χ4n) is 5.15. The highest BCUT2D eigenvalue weighted by Crippen LogP contribution is 2.43. The zero-order chi connectivity index (χ0) is 25.6. The van der Waals surface area contributed by atoms with Crippen LogP contribution >= 0.6 is 0 Å². The number of aryl methyl sites for hydroxylation is 1. The minimum absolute atomic E-state index is 0.188. The van der Waals surface area contributed by atoms with Crippen molar-refractivity contribution in [1.82, 2.24) is 4.90 Å². The molecule has 2 N–H and O–H groups in total. The molecule has 3 aromatic carbocycles. The molecule has 0 unspecified atom stereocenters. The first-order valence-corrected chi connectivity index (χ1v) is 11.1. The van der Waals surface area contributed by atoms with Gasteiger partial charge in [0.15, 0.2) is 0 Å². The molecule has 1 saturated heterocycles. The van der Waals surface area contributed by atoms with Crippen LogP contribution in [0.5, 0.6) is 5.75 Å². The largest absolute Gasteiger partial charge is 0.493 e. The highest BCUT2D eigenvalue weighted by Gasteiger charge is 2.49. The van der Waals surface area contributed by atoms with Gasteiger partial charge in [-0.25, -0.2) is 0 Å². The summed E-state index contributed by atoms with van der Waals surface area (Å²) in [6.07, 6.45) is -1.10. The lowest BCUT2D eigenvalue weighted by Gasteiger charge is -2.37. The van der Waals surface area contributed by atoms with E-state index < -0.39 is 24.2 Å². The van der Waals surface area contributed by atoms with E-state index in [1.807, 2.05) is 60.7 Å². The number of hydrogen-bond acceptors (Lipinski definition) is 3. The Morgan fingerprint density at radius 3 is 2.41 bits per heavy atom. The molecule has 164 valence electrons. The Balaban J connectivity index is 1.51. The second kappa shape index (κ2) is 8.79. The maximum atomic E-state index is 13.3. The van der Waals surface area contributed by atoms with Crippen molar-refractivity contribution >= 4 is 5.91 Å². The van der Waals surface area contributed by atoms with Gasteiger partial charge in [0.2, 0.25) is 5.91 Å². The number of rotatable bonds is 7. The Morgan fingerprint density at radius 1 is 1.06 bits per heavy atom. The fourth-order valence-corrected chi connectivity index (χ4v) is 5.15. The van der Waals surface area contributed by atoms with Crippen LogP contribution in [0.2, 0.25) is 0 Å². The monoisotopic (exact) mass is 430 g/mol. The molecule has 0 spiro atoms. The number of fused-ring (bicyclic) bond motifs is 1. The van der Waals surface area contributed by atoms with Crippen molar-refractivity contribution in [2.45, 2.75) is 24.6 Å². The van der Waals surface area contributed by atoms with Crippen molar-refractivity contribution in [2.75, 3.05) is 26.2 Å². The number of likely N-dealkylation sites (tertiary alicyclic amines) is 1. The van der Waals surface area contributed by atoms with Gasteiger partial charge in [-0.15, -0.1) is 0 Å². The average molecular weight is 431 g/mol. The zero-order valence-corrected chi connectivity index (χ0v) is 18.0. The van der Waals surface area contributed by atoms with E-state index in [0.717, 1.165) is 22.4 Å². The Labute approximate surface area is 195 Å². The minimum Gasteiger partial charge on any atom is -0.493 e. The number of carbonyl (C=O) groups excluding carboxylic acids is 1. The maximum Gasteiger partial charge on any atom is 0.232 e. The lowest BCUT2D eigenvalue weighted by molar-refractivity contribution is -0.123. The summed E-state index contributed by atoms with van der Waals surface area (Å²) in [7, 11) is 0. The molecule has 1 atom stereocenters.